The Morgan fingerprint density at radius 1 is 1.34 bits per heavy atom. The molecule has 6 atom stereocenters. The number of aryl methyl sites for hydroxylation is 1. The van der Waals surface area contributed by atoms with E-state index >= 15 is 0 Å². The van der Waals surface area contributed by atoms with Gasteiger partial charge in [0, 0.05) is 18.0 Å². The van der Waals surface area contributed by atoms with E-state index in [1.54, 1.807) is 6.92 Å². The van der Waals surface area contributed by atoms with E-state index < -0.39 is 16.3 Å². The predicted molar refractivity (Wildman–Crippen MR) is 114 cm³/mol. The van der Waals surface area contributed by atoms with Crippen LogP contribution in [0, 0.1) is 17.3 Å². The summed E-state index contributed by atoms with van der Waals surface area (Å²) >= 11 is 0. The van der Waals surface area contributed by atoms with Crippen molar-refractivity contribution in [1.29, 1.82) is 0 Å². The lowest BCUT2D eigenvalue weighted by Gasteiger charge is -2.50. The topological polar surface area (TPSA) is 77.8 Å². The summed E-state index contributed by atoms with van der Waals surface area (Å²) in [6.07, 6.45) is 4.60. The fraction of sp³-hybridized carbons (Fsp3) is 0.652. The smallest absolute Gasteiger partial charge is 0.336 e. The van der Waals surface area contributed by atoms with Gasteiger partial charge in [-0.1, -0.05) is 44.2 Å². The summed E-state index contributed by atoms with van der Waals surface area (Å²) in [5.41, 5.74) is 4.78. The number of nitrogens with zero attached hydrogens (tertiary/aromatic N) is 1. The van der Waals surface area contributed by atoms with Crippen LogP contribution in [-0.4, -0.2) is 35.0 Å². The third-order valence-electron chi connectivity index (χ3n) is 8.14. The molecule has 0 spiro atoms. The minimum Gasteiger partial charge on any atom is -0.392 e. The van der Waals surface area contributed by atoms with Gasteiger partial charge >= 0.3 is 10.3 Å². The molecule has 0 heterocycles. The summed E-state index contributed by atoms with van der Waals surface area (Å²) in [5.74, 6) is 1.39. The van der Waals surface area contributed by atoms with Crippen LogP contribution in [0.2, 0.25) is 0 Å². The third-order valence-corrected chi connectivity index (χ3v) is 9.31. The number of aliphatic hydroxyl groups excluding tert-OH is 1. The van der Waals surface area contributed by atoms with Crippen molar-refractivity contribution in [3.8, 4) is 0 Å². The van der Waals surface area contributed by atoms with Gasteiger partial charge in [0.05, 0.1) is 6.10 Å². The minimum atomic E-state index is -4.23. The zero-order valence-corrected chi connectivity index (χ0v) is 18.5. The van der Waals surface area contributed by atoms with Gasteiger partial charge in [0.15, 0.2) is 0 Å². The second-order valence-electron chi connectivity index (χ2n) is 9.52. The molecule has 6 heteroatoms. The molecule has 0 aromatic heterocycles. The van der Waals surface area contributed by atoms with Crippen LogP contribution in [0.5, 0.6) is 0 Å². The molecule has 3 aliphatic carbocycles. The van der Waals surface area contributed by atoms with E-state index in [9.17, 15) is 18.1 Å². The van der Waals surface area contributed by atoms with Crippen molar-refractivity contribution in [2.24, 2.45) is 17.3 Å². The number of hydrogen-bond acceptors (Lipinski definition) is 3. The number of hydrogen-bond donors (Lipinski definition) is 2. The summed E-state index contributed by atoms with van der Waals surface area (Å²) in [6, 6.07) is 5.92. The summed E-state index contributed by atoms with van der Waals surface area (Å²) in [6.45, 7) is 10.3. The fourth-order valence-corrected chi connectivity index (χ4v) is 7.50. The van der Waals surface area contributed by atoms with E-state index in [0.717, 1.165) is 42.0 Å². The van der Waals surface area contributed by atoms with Crippen molar-refractivity contribution in [3.05, 3.63) is 47.0 Å². The Balaban J connectivity index is 1.64. The van der Waals surface area contributed by atoms with E-state index in [0.29, 0.717) is 17.8 Å². The van der Waals surface area contributed by atoms with Crippen LogP contribution in [0.25, 0.3) is 0 Å². The number of aliphatic hydroxyl groups is 1. The molecular weight excluding hydrogens is 386 g/mol. The molecule has 0 radical (unpaired) electrons. The molecular formula is C23H33NO4S. The number of fused-ring (bicyclic) bond motifs is 5. The van der Waals surface area contributed by atoms with Gasteiger partial charge < -0.3 is 5.11 Å². The molecule has 2 N–H and O–H groups in total. The summed E-state index contributed by atoms with van der Waals surface area (Å²) in [7, 11) is -4.23. The highest BCUT2D eigenvalue weighted by Gasteiger charge is 2.56. The Labute approximate surface area is 174 Å². The van der Waals surface area contributed by atoms with Gasteiger partial charge in [-0.2, -0.15) is 12.7 Å². The molecule has 0 bridgehead atoms. The van der Waals surface area contributed by atoms with E-state index in [2.05, 4.69) is 25.6 Å². The normalized spacial score (nSPS) is 35.2. The van der Waals surface area contributed by atoms with Crippen molar-refractivity contribution in [1.82, 2.24) is 4.31 Å². The van der Waals surface area contributed by atoms with Gasteiger partial charge in [0.25, 0.3) is 0 Å². The molecule has 29 heavy (non-hydrogen) atoms. The van der Waals surface area contributed by atoms with Crippen LogP contribution in [0.15, 0.2) is 30.4 Å². The average molecular weight is 420 g/mol. The molecule has 5 nitrogen and oxygen atoms in total. The average Bonchev–Trinajstić information content (AvgIpc) is 2.89. The van der Waals surface area contributed by atoms with Crippen LogP contribution in [0.3, 0.4) is 0 Å². The monoisotopic (exact) mass is 419 g/mol. The second kappa shape index (κ2) is 7.19. The van der Waals surface area contributed by atoms with Gasteiger partial charge in [0.2, 0.25) is 0 Å². The van der Waals surface area contributed by atoms with E-state index in [1.165, 1.54) is 16.7 Å². The molecule has 0 aliphatic heterocycles. The van der Waals surface area contributed by atoms with E-state index in [-0.39, 0.29) is 18.1 Å². The second-order valence-corrected chi connectivity index (χ2v) is 10.9. The highest BCUT2D eigenvalue weighted by Crippen LogP contribution is 2.62. The lowest BCUT2D eigenvalue weighted by atomic mass is 9.55. The van der Waals surface area contributed by atoms with E-state index in [4.69, 9.17) is 0 Å². The lowest BCUT2D eigenvalue weighted by molar-refractivity contribution is -0.0178. The largest absolute Gasteiger partial charge is 0.392 e. The first-order valence-electron chi connectivity index (χ1n) is 10.8. The molecule has 1 aromatic rings. The first kappa shape index (κ1) is 21.0. The Morgan fingerprint density at radius 3 is 2.72 bits per heavy atom. The van der Waals surface area contributed by atoms with E-state index in [1.807, 2.05) is 13.0 Å². The Kier molecular flexibility index (Phi) is 5.21. The molecule has 160 valence electrons. The van der Waals surface area contributed by atoms with Crippen LogP contribution in [0.4, 0.5) is 0 Å². The van der Waals surface area contributed by atoms with Crippen molar-refractivity contribution < 1.29 is 18.1 Å². The number of rotatable bonds is 4. The molecule has 4 unspecified atom stereocenters. The predicted octanol–water partition coefficient (Wildman–Crippen LogP) is 4.26. The van der Waals surface area contributed by atoms with Crippen molar-refractivity contribution in [2.45, 2.75) is 70.9 Å². The first-order valence-corrected chi connectivity index (χ1v) is 12.2. The molecule has 2 fully saturated rings. The maximum absolute atomic E-state index is 11.7. The molecule has 4 rings (SSSR count). The zero-order valence-electron chi connectivity index (χ0n) is 17.6. The molecule has 0 saturated heterocycles. The first-order chi connectivity index (χ1) is 13.6. The quantitative estimate of drug-likeness (QED) is 0.565. The van der Waals surface area contributed by atoms with Gasteiger partial charge in [0.1, 0.15) is 0 Å². The minimum absolute atomic E-state index is 0.0404. The SMILES string of the molecule is C=C1C[C@H](O)[C@@]2(C)CCC3c4ccc(C(C)N(CC)S(=O)(=O)O)cc4CCC3C12. The Morgan fingerprint density at radius 2 is 2.07 bits per heavy atom. The zero-order chi connectivity index (χ0) is 21.1. The van der Waals surface area contributed by atoms with Crippen LogP contribution in [-0.2, 0) is 16.7 Å². The fourth-order valence-electron chi connectivity index (χ4n) is 6.65. The van der Waals surface area contributed by atoms with Gasteiger partial charge in [-0.15, -0.1) is 0 Å². The van der Waals surface area contributed by atoms with Crippen LogP contribution >= 0.6 is 0 Å². The number of benzene rings is 1. The van der Waals surface area contributed by atoms with Gasteiger partial charge in [-0.3, -0.25) is 4.55 Å². The maximum Gasteiger partial charge on any atom is 0.336 e. The van der Waals surface area contributed by atoms with Crippen LogP contribution in [0.1, 0.15) is 75.1 Å². The van der Waals surface area contributed by atoms with Crippen molar-refractivity contribution in [2.75, 3.05) is 6.54 Å². The maximum atomic E-state index is 11.7. The van der Waals surface area contributed by atoms with Crippen LogP contribution < -0.4 is 0 Å². The van der Waals surface area contributed by atoms with Gasteiger partial charge in [-0.05, 0) is 73.5 Å². The summed E-state index contributed by atoms with van der Waals surface area (Å²) in [4.78, 5) is 0. The van der Waals surface area contributed by atoms with Crippen molar-refractivity contribution in [3.63, 3.8) is 0 Å². The highest BCUT2D eigenvalue weighted by atomic mass is 32.2. The molecule has 2 saturated carbocycles. The molecule has 0 amide bonds. The lowest BCUT2D eigenvalue weighted by Crippen LogP contribution is -2.44. The Bertz CT molecular complexity index is 927. The third kappa shape index (κ3) is 3.29. The van der Waals surface area contributed by atoms with Gasteiger partial charge in [-0.25, -0.2) is 0 Å². The standard InChI is InChI=1S/C23H33NO4S/c1-5-24(29(26,27)28)15(3)16-6-8-18-17(13-16)7-9-20-19(18)10-11-23(4)21(25)12-14(2)22(20)23/h6,8,13,15,19-22,25H,2,5,7,9-12H2,1,3-4H3,(H,26,27,28)/t15?,19?,20?,21-,22?,23+/m0/s1. The molecule has 1 aromatic carbocycles. The molecule has 3 aliphatic rings. The summed E-state index contributed by atoms with van der Waals surface area (Å²) in [5, 5.41) is 10.6. The Hall–Kier alpha value is -1.21. The highest BCUT2D eigenvalue weighted by molar-refractivity contribution is 7.83. The van der Waals surface area contributed by atoms with Crippen molar-refractivity contribution >= 4 is 10.3 Å². The summed E-state index contributed by atoms with van der Waals surface area (Å²) < 4.78 is 34.1.